The van der Waals surface area contributed by atoms with E-state index in [4.69, 9.17) is 0 Å². The van der Waals surface area contributed by atoms with Crippen LogP contribution in [0.4, 0.5) is 5.69 Å². The van der Waals surface area contributed by atoms with Gasteiger partial charge in [-0.05, 0) is 61.4 Å². The lowest BCUT2D eigenvalue weighted by atomic mass is 10.1. The highest BCUT2D eigenvalue weighted by Gasteiger charge is 2.31. The minimum atomic E-state index is -3.50. The van der Waals surface area contributed by atoms with Gasteiger partial charge >= 0.3 is 0 Å². The molecule has 1 N–H and O–H groups in total. The SMILES string of the molecule is CCc1ccc(CN(CC(=O)Nc2cccc(S(=O)(=O)N3CCCC3)c2)C2CC2)cc1. The average Bonchev–Trinajstić information content (AvgIpc) is 3.46. The van der Waals surface area contributed by atoms with E-state index in [0.717, 1.165) is 38.6 Å². The summed E-state index contributed by atoms with van der Waals surface area (Å²) in [7, 11) is -3.50. The lowest BCUT2D eigenvalue weighted by molar-refractivity contribution is -0.117. The summed E-state index contributed by atoms with van der Waals surface area (Å²) in [5.41, 5.74) is 3.03. The summed E-state index contributed by atoms with van der Waals surface area (Å²) in [6, 6.07) is 15.6. The molecule has 0 bridgehead atoms. The Morgan fingerprint density at radius 1 is 1.06 bits per heavy atom. The summed E-state index contributed by atoms with van der Waals surface area (Å²) in [5, 5.41) is 2.90. The van der Waals surface area contributed by atoms with Crippen molar-refractivity contribution in [2.75, 3.05) is 25.0 Å². The molecule has 1 aliphatic carbocycles. The Labute approximate surface area is 185 Å². The van der Waals surface area contributed by atoms with Crippen molar-refractivity contribution in [2.45, 2.75) is 56.5 Å². The molecule has 4 rings (SSSR count). The zero-order chi connectivity index (χ0) is 21.8. The first-order valence-corrected chi connectivity index (χ1v) is 12.6. The van der Waals surface area contributed by atoms with Crippen LogP contribution in [-0.4, -0.2) is 49.2 Å². The smallest absolute Gasteiger partial charge is 0.243 e. The van der Waals surface area contributed by atoms with Gasteiger partial charge in [-0.3, -0.25) is 9.69 Å². The predicted octanol–water partition coefficient (Wildman–Crippen LogP) is 3.64. The van der Waals surface area contributed by atoms with Crippen LogP contribution in [-0.2, 0) is 27.8 Å². The van der Waals surface area contributed by atoms with Gasteiger partial charge in [-0.15, -0.1) is 0 Å². The van der Waals surface area contributed by atoms with Crippen molar-refractivity contribution in [2.24, 2.45) is 0 Å². The zero-order valence-corrected chi connectivity index (χ0v) is 18.9. The van der Waals surface area contributed by atoms with Crippen molar-refractivity contribution in [1.29, 1.82) is 0 Å². The van der Waals surface area contributed by atoms with Gasteiger partial charge in [-0.1, -0.05) is 37.3 Å². The molecule has 1 saturated heterocycles. The van der Waals surface area contributed by atoms with Crippen LogP contribution in [0.1, 0.15) is 43.7 Å². The van der Waals surface area contributed by atoms with Crippen LogP contribution in [0.15, 0.2) is 53.4 Å². The van der Waals surface area contributed by atoms with E-state index in [0.29, 0.717) is 31.4 Å². The van der Waals surface area contributed by atoms with Gasteiger partial charge in [0.05, 0.1) is 11.4 Å². The van der Waals surface area contributed by atoms with Gasteiger partial charge in [0.25, 0.3) is 0 Å². The molecule has 7 heteroatoms. The normalized spacial score (nSPS) is 17.2. The number of carbonyl (C=O) groups excluding carboxylic acids is 1. The topological polar surface area (TPSA) is 69.7 Å². The third-order valence-corrected chi connectivity index (χ3v) is 7.94. The second kappa shape index (κ2) is 9.51. The highest BCUT2D eigenvalue weighted by Crippen LogP contribution is 2.28. The molecular weight excluding hydrogens is 410 g/mol. The van der Waals surface area contributed by atoms with Gasteiger partial charge in [0.1, 0.15) is 0 Å². The Morgan fingerprint density at radius 3 is 2.39 bits per heavy atom. The molecule has 166 valence electrons. The molecule has 2 aromatic rings. The second-order valence-corrected chi connectivity index (χ2v) is 10.4. The van der Waals surface area contributed by atoms with Gasteiger partial charge in [-0.25, -0.2) is 8.42 Å². The maximum atomic E-state index is 12.8. The summed E-state index contributed by atoms with van der Waals surface area (Å²) < 4.78 is 27.1. The number of benzene rings is 2. The summed E-state index contributed by atoms with van der Waals surface area (Å²) in [6.07, 6.45) is 5.04. The first kappa shape index (κ1) is 22.0. The third-order valence-electron chi connectivity index (χ3n) is 6.05. The van der Waals surface area contributed by atoms with Crippen molar-refractivity contribution in [3.8, 4) is 0 Å². The van der Waals surface area contributed by atoms with Crippen LogP contribution in [0.25, 0.3) is 0 Å². The fourth-order valence-electron chi connectivity index (χ4n) is 4.07. The molecule has 2 aliphatic rings. The molecule has 31 heavy (non-hydrogen) atoms. The predicted molar refractivity (Wildman–Crippen MR) is 122 cm³/mol. The minimum absolute atomic E-state index is 0.118. The molecule has 0 spiro atoms. The number of nitrogens with one attached hydrogen (secondary N) is 1. The number of aryl methyl sites for hydroxylation is 1. The molecule has 0 unspecified atom stereocenters. The van der Waals surface area contributed by atoms with Crippen molar-refractivity contribution in [1.82, 2.24) is 9.21 Å². The number of amides is 1. The molecule has 1 heterocycles. The Kier molecular flexibility index (Phi) is 6.74. The molecule has 0 aromatic heterocycles. The number of rotatable bonds is 9. The Balaban J connectivity index is 1.40. The van der Waals surface area contributed by atoms with Gasteiger partial charge < -0.3 is 5.32 Å². The molecule has 2 aromatic carbocycles. The molecule has 6 nitrogen and oxygen atoms in total. The largest absolute Gasteiger partial charge is 0.325 e. The van der Waals surface area contributed by atoms with Crippen LogP contribution in [0.2, 0.25) is 0 Å². The summed E-state index contributed by atoms with van der Waals surface area (Å²) in [5.74, 6) is -0.118. The maximum absolute atomic E-state index is 12.8. The number of hydrogen-bond donors (Lipinski definition) is 1. The summed E-state index contributed by atoms with van der Waals surface area (Å²) in [6.45, 7) is 4.30. The summed E-state index contributed by atoms with van der Waals surface area (Å²) >= 11 is 0. The first-order chi connectivity index (χ1) is 15.0. The average molecular weight is 442 g/mol. The van der Waals surface area contributed by atoms with Gasteiger partial charge in [0, 0.05) is 31.4 Å². The van der Waals surface area contributed by atoms with Gasteiger partial charge in [0.15, 0.2) is 0 Å². The van der Waals surface area contributed by atoms with Crippen molar-refractivity contribution < 1.29 is 13.2 Å². The summed E-state index contributed by atoms with van der Waals surface area (Å²) in [4.78, 5) is 15.2. The molecule has 1 amide bonds. The quantitative estimate of drug-likeness (QED) is 0.645. The second-order valence-electron chi connectivity index (χ2n) is 8.49. The van der Waals surface area contributed by atoms with E-state index in [1.54, 1.807) is 24.3 Å². The standard InChI is InChI=1S/C24H31N3O3S/c1-2-19-8-10-20(11-9-19)17-26(22-12-13-22)18-24(28)25-21-6-5-7-23(16-21)31(29,30)27-14-3-4-15-27/h5-11,16,22H,2-4,12-15,17-18H2,1H3,(H,25,28). The van der Waals surface area contributed by atoms with Crippen LogP contribution in [0, 0.1) is 0 Å². The van der Waals surface area contributed by atoms with Crippen LogP contribution in [0.5, 0.6) is 0 Å². The molecule has 1 aliphatic heterocycles. The number of hydrogen-bond acceptors (Lipinski definition) is 4. The lowest BCUT2D eigenvalue weighted by Crippen LogP contribution is -2.34. The first-order valence-electron chi connectivity index (χ1n) is 11.2. The van der Waals surface area contributed by atoms with E-state index in [1.807, 2.05) is 0 Å². The number of nitrogens with zero attached hydrogens (tertiary/aromatic N) is 2. The molecule has 2 fully saturated rings. The third kappa shape index (κ3) is 5.53. The fraction of sp³-hybridized carbons (Fsp3) is 0.458. The number of anilines is 1. The van der Waals surface area contributed by atoms with Gasteiger partial charge in [0.2, 0.25) is 15.9 Å². The van der Waals surface area contributed by atoms with Crippen LogP contribution < -0.4 is 5.32 Å². The number of carbonyl (C=O) groups is 1. The van der Waals surface area contributed by atoms with E-state index >= 15 is 0 Å². The van der Waals surface area contributed by atoms with Crippen molar-refractivity contribution >= 4 is 21.6 Å². The monoisotopic (exact) mass is 441 g/mol. The minimum Gasteiger partial charge on any atom is -0.325 e. The Morgan fingerprint density at radius 2 is 1.74 bits per heavy atom. The molecule has 1 saturated carbocycles. The Bertz CT molecular complexity index is 1010. The van der Waals surface area contributed by atoms with Gasteiger partial charge in [-0.2, -0.15) is 4.31 Å². The fourth-order valence-corrected chi connectivity index (χ4v) is 5.63. The zero-order valence-electron chi connectivity index (χ0n) is 18.1. The van der Waals surface area contributed by atoms with Crippen LogP contribution >= 0.6 is 0 Å². The molecular formula is C24H31N3O3S. The Hall–Kier alpha value is -2.22. The van der Waals surface area contributed by atoms with E-state index in [-0.39, 0.29) is 10.8 Å². The van der Waals surface area contributed by atoms with Crippen molar-refractivity contribution in [3.63, 3.8) is 0 Å². The lowest BCUT2D eigenvalue weighted by Gasteiger charge is -2.22. The van der Waals surface area contributed by atoms with E-state index < -0.39 is 10.0 Å². The van der Waals surface area contributed by atoms with E-state index in [1.165, 1.54) is 15.4 Å². The number of sulfonamides is 1. The van der Waals surface area contributed by atoms with Crippen LogP contribution in [0.3, 0.4) is 0 Å². The molecule has 0 radical (unpaired) electrons. The molecule has 0 atom stereocenters. The van der Waals surface area contributed by atoms with Crippen molar-refractivity contribution in [3.05, 3.63) is 59.7 Å². The highest BCUT2D eigenvalue weighted by molar-refractivity contribution is 7.89. The maximum Gasteiger partial charge on any atom is 0.243 e. The highest BCUT2D eigenvalue weighted by atomic mass is 32.2. The van der Waals surface area contributed by atoms with E-state index in [9.17, 15) is 13.2 Å². The van der Waals surface area contributed by atoms with E-state index in [2.05, 4.69) is 41.4 Å².